The number of nitrogens with zero attached hydrogens (tertiary/aromatic N) is 3. The lowest BCUT2D eigenvalue weighted by atomic mass is 10.2. The number of esters is 2. The molecule has 1 heterocycles. The molecule has 10 heteroatoms. The van der Waals surface area contributed by atoms with E-state index in [1.807, 2.05) is 20.8 Å². The van der Waals surface area contributed by atoms with Crippen molar-refractivity contribution in [3.05, 3.63) is 29.8 Å². The normalized spacial score (nSPS) is 12.6. The number of methoxy groups -OCH3 is 1. The molecule has 0 amide bonds. The molecule has 168 valence electrons. The maximum atomic E-state index is 12.1. The van der Waals surface area contributed by atoms with Gasteiger partial charge < -0.3 is 24.8 Å². The predicted molar refractivity (Wildman–Crippen MR) is 115 cm³/mol. The Bertz CT molecular complexity index is 888. The lowest BCUT2D eigenvalue weighted by molar-refractivity contribution is -0.149. The van der Waals surface area contributed by atoms with Crippen LogP contribution >= 0.6 is 0 Å². The Hall–Kier alpha value is -3.43. The van der Waals surface area contributed by atoms with Crippen LogP contribution in [0.2, 0.25) is 0 Å². The van der Waals surface area contributed by atoms with E-state index >= 15 is 0 Å². The van der Waals surface area contributed by atoms with Gasteiger partial charge in [0.05, 0.1) is 12.7 Å². The second-order valence-electron chi connectivity index (χ2n) is 7.22. The summed E-state index contributed by atoms with van der Waals surface area (Å²) in [5.74, 6) is -0.0557. The van der Waals surface area contributed by atoms with Gasteiger partial charge in [0.2, 0.25) is 11.9 Å². The summed E-state index contributed by atoms with van der Waals surface area (Å²) >= 11 is 0. The van der Waals surface area contributed by atoms with E-state index in [0.717, 1.165) is 6.42 Å². The van der Waals surface area contributed by atoms with Crippen LogP contribution < -0.4 is 15.4 Å². The average molecular weight is 431 g/mol. The summed E-state index contributed by atoms with van der Waals surface area (Å²) in [7, 11) is 1.23. The Morgan fingerprint density at radius 1 is 0.968 bits per heavy atom. The molecule has 0 aliphatic carbocycles. The van der Waals surface area contributed by atoms with Gasteiger partial charge in [-0.15, -0.1) is 0 Å². The number of carbonyl (C=O) groups excluding carboxylic acids is 2. The Balaban J connectivity index is 2.14. The molecule has 0 saturated carbocycles. The molecule has 0 fully saturated rings. The molecule has 2 aromatic rings. The summed E-state index contributed by atoms with van der Waals surface area (Å²) in [5, 5.41) is 6.34. The number of carbonyl (C=O) groups is 2. The fourth-order valence-electron chi connectivity index (χ4n) is 2.32. The lowest BCUT2D eigenvalue weighted by Gasteiger charge is -2.15. The van der Waals surface area contributed by atoms with Gasteiger partial charge in [-0.3, -0.25) is 0 Å². The number of aromatic nitrogens is 3. The average Bonchev–Trinajstić information content (AvgIpc) is 2.72. The summed E-state index contributed by atoms with van der Waals surface area (Å²) < 4.78 is 15.4. The van der Waals surface area contributed by atoms with Crippen molar-refractivity contribution in [1.29, 1.82) is 0 Å². The van der Waals surface area contributed by atoms with E-state index in [2.05, 4.69) is 37.2 Å². The Labute approximate surface area is 181 Å². The largest absolute Gasteiger partial charge is 0.466 e. The summed E-state index contributed by atoms with van der Waals surface area (Å²) in [6.07, 6.45) is -0.0944. The number of hydrogen-bond donors (Lipinski definition) is 2. The molecule has 0 bridgehead atoms. The highest BCUT2D eigenvalue weighted by molar-refractivity contribution is 5.91. The van der Waals surface area contributed by atoms with Crippen LogP contribution in [0, 0.1) is 0 Å². The minimum absolute atomic E-state index is 0.110. The molecule has 2 atom stereocenters. The first-order valence-corrected chi connectivity index (χ1v) is 10.1. The van der Waals surface area contributed by atoms with Gasteiger partial charge in [0.15, 0.2) is 6.10 Å². The molecule has 0 aliphatic heterocycles. The zero-order valence-corrected chi connectivity index (χ0v) is 18.6. The van der Waals surface area contributed by atoms with Gasteiger partial charge in [-0.1, -0.05) is 6.92 Å². The zero-order chi connectivity index (χ0) is 23.0. The summed E-state index contributed by atoms with van der Waals surface area (Å²) in [5.41, 5.74) is 0.264. The van der Waals surface area contributed by atoms with E-state index in [-0.39, 0.29) is 23.7 Å². The number of rotatable bonds is 10. The van der Waals surface area contributed by atoms with Crippen LogP contribution in [-0.4, -0.2) is 52.2 Å². The van der Waals surface area contributed by atoms with Crippen molar-refractivity contribution in [2.45, 2.75) is 59.2 Å². The van der Waals surface area contributed by atoms with E-state index < -0.39 is 18.0 Å². The van der Waals surface area contributed by atoms with Gasteiger partial charge in [0.25, 0.3) is 0 Å². The number of anilines is 2. The van der Waals surface area contributed by atoms with Gasteiger partial charge in [0, 0.05) is 12.1 Å². The third kappa shape index (κ3) is 7.40. The highest BCUT2D eigenvalue weighted by Gasteiger charge is 2.19. The Morgan fingerprint density at radius 2 is 1.58 bits per heavy atom. The topological polar surface area (TPSA) is 125 Å². The number of nitrogens with one attached hydrogen (secondary N) is 2. The molecule has 0 aliphatic rings. The van der Waals surface area contributed by atoms with Crippen molar-refractivity contribution in [2.75, 3.05) is 17.7 Å². The first-order valence-electron chi connectivity index (χ1n) is 10.1. The van der Waals surface area contributed by atoms with Crippen LogP contribution in [0.25, 0.3) is 0 Å². The first-order chi connectivity index (χ1) is 14.7. The van der Waals surface area contributed by atoms with Crippen LogP contribution in [0.15, 0.2) is 24.3 Å². The van der Waals surface area contributed by atoms with E-state index in [9.17, 15) is 9.59 Å². The third-order valence-corrected chi connectivity index (χ3v) is 4.14. The number of benzene rings is 1. The minimum Gasteiger partial charge on any atom is -0.466 e. The fraction of sp³-hybridized carbons (Fsp3) is 0.476. The first kappa shape index (κ1) is 23.8. The van der Waals surface area contributed by atoms with Crippen molar-refractivity contribution in [1.82, 2.24) is 15.0 Å². The van der Waals surface area contributed by atoms with Crippen molar-refractivity contribution < 1.29 is 23.8 Å². The molecule has 1 aromatic heterocycles. The summed E-state index contributed by atoms with van der Waals surface area (Å²) in [6, 6.07) is 6.63. The second kappa shape index (κ2) is 11.1. The molecule has 10 nitrogen and oxygen atoms in total. The molecular formula is C21H29N5O5. The predicted octanol–water partition coefficient (Wildman–Crippen LogP) is 3.41. The highest BCUT2D eigenvalue weighted by Crippen LogP contribution is 2.21. The van der Waals surface area contributed by atoms with Gasteiger partial charge in [0.1, 0.15) is 5.75 Å². The molecule has 2 N–H and O–H groups in total. The lowest BCUT2D eigenvalue weighted by Crippen LogP contribution is -2.25. The van der Waals surface area contributed by atoms with Crippen LogP contribution in [0.4, 0.5) is 11.9 Å². The molecule has 0 spiro atoms. The fourth-order valence-corrected chi connectivity index (χ4v) is 2.32. The van der Waals surface area contributed by atoms with Crippen LogP contribution in [0.1, 0.15) is 51.4 Å². The van der Waals surface area contributed by atoms with Crippen molar-refractivity contribution in [2.24, 2.45) is 0 Å². The van der Waals surface area contributed by atoms with Gasteiger partial charge in [-0.25, -0.2) is 9.59 Å². The Morgan fingerprint density at radius 3 is 2.13 bits per heavy atom. The van der Waals surface area contributed by atoms with E-state index in [4.69, 9.17) is 9.47 Å². The van der Waals surface area contributed by atoms with Crippen LogP contribution in [0.5, 0.6) is 11.8 Å². The minimum atomic E-state index is -0.998. The van der Waals surface area contributed by atoms with Crippen molar-refractivity contribution >= 4 is 23.8 Å². The third-order valence-electron chi connectivity index (χ3n) is 4.14. The van der Waals surface area contributed by atoms with E-state index in [0.29, 0.717) is 17.6 Å². The van der Waals surface area contributed by atoms with E-state index in [1.54, 1.807) is 12.1 Å². The maximum Gasteiger partial charge on any atom is 0.346 e. The quantitative estimate of drug-likeness (QED) is 0.541. The molecule has 2 rings (SSSR count). The van der Waals surface area contributed by atoms with Crippen LogP contribution in [-0.2, 0) is 14.3 Å². The van der Waals surface area contributed by atoms with Crippen molar-refractivity contribution in [3.8, 4) is 11.8 Å². The highest BCUT2D eigenvalue weighted by atomic mass is 16.6. The smallest absolute Gasteiger partial charge is 0.346 e. The maximum absolute atomic E-state index is 12.1. The molecule has 2 unspecified atom stereocenters. The second-order valence-corrected chi connectivity index (χ2v) is 7.22. The standard InChI is InChI=1S/C21H29N5O5/c1-7-13(4)23-20-24-19(22-12(2)3)25-21(26-20)31-16-10-8-15(9-11-16)18(28)30-14(5)17(27)29-6/h8-14H,7H2,1-6H3,(H2,22,23,24,25,26). The number of hydrogen-bond acceptors (Lipinski definition) is 10. The monoisotopic (exact) mass is 431 g/mol. The van der Waals surface area contributed by atoms with E-state index in [1.165, 1.54) is 26.2 Å². The molecular weight excluding hydrogens is 402 g/mol. The Kier molecular flexibility index (Phi) is 8.53. The van der Waals surface area contributed by atoms with Crippen LogP contribution in [0.3, 0.4) is 0 Å². The molecule has 0 saturated heterocycles. The SMILES string of the molecule is CCC(C)Nc1nc(NC(C)C)nc(Oc2ccc(C(=O)OC(C)C(=O)OC)cc2)n1. The summed E-state index contributed by atoms with van der Waals surface area (Å²) in [6.45, 7) is 9.48. The van der Waals surface area contributed by atoms with Crippen molar-refractivity contribution in [3.63, 3.8) is 0 Å². The van der Waals surface area contributed by atoms with Gasteiger partial charge in [-0.05, 0) is 58.4 Å². The molecule has 31 heavy (non-hydrogen) atoms. The van der Waals surface area contributed by atoms with Gasteiger partial charge in [-0.2, -0.15) is 15.0 Å². The number of ether oxygens (including phenoxy) is 3. The van der Waals surface area contributed by atoms with Gasteiger partial charge >= 0.3 is 17.9 Å². The summed E-state index contributed by atoms with van der Waals surface area (Å²) in [4.78, 5) is 36.5. The zero-order valence-electron chi connectivity index (χ0n) is 18.6. The molecule has 0 radical (unpaired) electrons. The molecule has 1 aromatic carbocycles.